The molecule has 1 aliphatic heterocycles. The monoisotopic (exact) mass is 249 g/mol. The van der Waals surface area contributed by atoms with Crippen LogP contribution in [0.5, 0.6) is 0 Å². The second kappa shape index (κ2) is 6.11. The van der Waals surface area contributed by atoms with Crippen LogP contribution in [0.3, 0.4) is 0 Å². The van der Waals surface area contributed by atoms with E-state index in [4.69, 9.17) is 0 Å². The van der Waals surface area contributed by atoms with E-state index in [-0.39, 0.29) is 0 Å². The largest absolute Gasteiger partial charge is 0.352 e. The predicted molar refractivity (Wildman–Crippen MR) is 73.7 cm³/mol. The van der Waals surface area contributed by atoms with Crippen molar-refractivity contribution in [1.29, 1.82) is 0 Å². The minimum absolute atomic E-state index is 0.623. The summed E-state index contributed by atoms with van der Waals surface area (Å²) < 4.78 is 0. The van der Waals surface area contributed by atoms with Gasteiger partial charge in [0.2, 0.25) is 0 Å². The Morgan fingerprint density at radius 3 is 2.78 bits per heavy atom. The fraction of sp³-hybridized carbons (Fsp3) is 0.692. The van der Waals surface area contributed by atoms with Crippen molar-refractivity contribution in [2.24, 2.45) is 0 Å². The van der Waals surface area contributed by atoms with Crippen molar-refractivity contribution in [2.75, 3.05) is 38.6 Å². The molecule has 1 fully saturated rings. The molecule has 0 spiro atoms. The topological polar surface area (TPSA) is 44.3 Å². The van der Waals surface area contributed by atoms with E-state index in [1.54, 1.807) is 0 Å². The predicted octanol–water partition coefficient (Wildman–Crippen LogP) is 0.726. The van der Waals surface area contributed by atoms with E-state index in [2.05, 4.69) is 39.1 Å². The molecular formula is C13H23N5. The Bertz CT molecular complexity index is 364. The molecule has 18 heavy (non-hydrogen) atoms. The molecule has 0 saturated carbocycles. The molecule has 1 aliphatic rings. The minimum atomic E-state index is 0.623. The van der Waals surface area contributed by atoms with Crippen LogP contribution in [0.4, 0.5) is 5.82 Å². The first-order chi connectivity index (χ1) is 8.74. The van der Waals surface area contributed by atoms with Crippen molar-refractivity contribution in [3.8, 4) is 0 Å². The molecule has 1 N–H and O–H groups in total. The van der Waals surface area contributed by atoms with Crippen LogP contribution in [-0.2, 0) is 6.54 Å². The maximum atomic E-state index is 4.52. The standard InChI is InChI=1S/C13H23N5/c1-4-12-10-18(6-5-17(12)3)13-9-15-11(7-14-2)8-16-13/h8-9,12,14H,4-7,10H2,1-3H3. The first-order valence-corrected chi connectivity index (χ1v) is 6.65. The van der Waals surface area contributed by atoms with Crippen molar-refractivity contribution in [3.63, 3.8) is 0 Å². The maximum absolute atomic E-state index is 4.52. The molecule has 5 nitrogen and oxygen atoms in total. The molecule has 0 bridgehead atoms. The molecule has 1 unspecified atom stereocenters. The fourth-order valence-corrected chi connectivity index (χ4v) is 2.38. The van der Waals surface area contributed by atoms with E-state index in [1.165, 1.54) is 6.42 Å². The van der Waals surface area contributed by atoms with E-state index in [1.807, 2.05) is 19.4 Å². The average Bonchev–Trinajstić information content (AvgIpc) is 2.41. The smallest absolute Gasteiger partial charge is 0.147 e. The summed E-state index contributed by atoms with van der Waals surface area (Å²) in [6.45, 7) is 6.19. The Kier molecular flexibility index (Phi) is 4.49. The highest BCUT2D eigenvalue weighted by Crippen LogP contribution is 2.16. The first-order valence-electron chi connectivity index (χ1n) is 6.65. The van der Waals surface area contributed by atoms with Gasteiger partial charge in [-0.3, -0.25) is 9.88 Å². The highest BCUT2D eigenvalue weighted by Gasteiger charge is 2.23. The normalized spacial score (nSPS) is 21.3. The second-order valence-electron chi connectivity index (χ2n) is 4.88. The van der Waals surface area contributed by atoms with Gasteiger partial charge in [-0.25, -0.2) is 4.98 Å². The summed E-state index contributed by atoms with van der Waals surface area (Å²) in [4.78, 5) is 13.7. The van der Waals surface area contributed by atoms with Gasteiger partial charge in [0.25, 0.3) is 0 Å². The zero-order valence-electron chi connectivity index (χ0n) is 11.6. The van der Waals surface area contributed by atoms with Gasteiger partial charge in [-0.15, -0.1) is 0 Å². The van der Waals surface area contributed by atoms with Gasteiger partial charge in [0.05, 0.1) is 18.1 Å². The van der Waals surface area contributed by atoms with E-state index in [9.17, 15) is 0 Å². The van der Waals surface area contributed by atoms with Gasteiger partial charge in [-0.1, -0.05) is 6.92 Å². The number of nitrogens with one attached hydrogen (secondary N) is 1. The summed E-state index contributed by atoms with van der Waals surface area (Å²) in [6, 6.07) is 0.623. The third-order valence-electron chi connectivity index (χ3n) is 3.62. The summed E-state index contributed by atoms with van der Waals surface area (Å²) in [5, 5.41) is 3.08. The number of hydrogen-bond donors (Lipinski definition) is 1. The Morgan fingerprint density at radius 2 is 2.17 bits per heavy atom. The number of anilines is 1. The summed E-state index contributed by atoms with van der Waals surface area (Å²) in [5.41, 5.74) is 0.988. The number of hydrogen-bond acceptors (Lipinski definition) is 5. The number of piperazine rings is 1. The van der Waals surface area contributed by atoms with Crippen LogP contribution in [0.15, 0.2) is 12.4 Å². The summed E-state index contributed by atoms with van der Waals surface area (Å²) >= 11 is 0. The lowest BCUT2D eigenvalue weighted by atomic mass is 10.1. The molecule has 0 radical (unpaired) electrons. The van der Waals surface area contributed by atoms with E-state index < -0.39 is 0 Å². The summed E-state index contributed by atoms with van der Waals surface area (Å²) in [7, 11) is 4.12. The molecule has 100 valence electrons. The zero-order valence-corrected chi connectivity index (χ0v) is 11.6. The van der Waals surface area contributed by atoms with Crippen molar-refractivity contribution < 1.29 is 0 Å². The van der Waals surface area contributed by atoms with E-state index in [0.29, 0.717) is 6.04 Å². The Hall–Kier alpha value is -1.20. The molecule has 0 aliphatic carbocycles. The van der Waals surface area contributed by atoms with Crippen molar-refractivity contribution in [1.82, 2.24) is 20.2 Å². The number of nitrogens with zero attached hydrogens (tertiary/aromatic N) is 4. The number of aromatic nitrogens is 2. The molecule has 1 aromatic heterocycles. The van der Waals surface area contributed by atoms with Gasteiger partial charge < -0.3 is 10.2 Å². The molecule has 0 aromatic carbocycles. The molecule has 2 rings (SSSR count). The van der Waals surface area contributed by atoms with Crippen molar-refractivity contribution in [2.45, 2.75) is 25.9 Å². The molecular weight excluding hydrogens is 226 g/mol. The SMILES string of the molecule is CCC1CN(c2cnc(CNC)cn2)CCN1C. The van der Waals surface area contributed by atoms with Gasteiger partial charge >= 0.3 is 0 Å². The van der Waals surface area contributed by atoms with Crippen LogP contribution in [-0.4, -0.2) is 54.6 Å². The maximum Gasteiger partial charge on any atom is 0.147 e. The van der Waals surface area contributed by atoms with Crippen LogP contribution < -0.4 is 10.2 Å². The Labute approximate surface area is 109 Å². The zero-order chi connectivity index (χ0) is 13.0. The Balaban J connectivity index is 2.02. The lowest BCUT2D eigenvalue weighted by Crippen LogP contribution is -2.51. The third-order valence-corrected chi connectivity index (χ3v) is 3.62. The average molecular weight is 249 g/mol. The lowest BCUT2D eigenvalue weighted by molar-refractivity contribution is 0.213. The molecule has 2 heterocycles. The molecule has 1 saturated heterocycles. The van der Waals surface area contributed by atoms with Gasteiger partial charge in [0, 0.05) is 32.2 Å². The van der Waals surface area contributed by atoms with E-state index in [0.717, 1.165) is 37.7 Å². The van der Waals surface area contributed by atoms with Crippen molar-refractivity contribution >= 4 is 5.82 Å². The van der Waals surface area contributed by atoms with Gasteiger partial charge in [-0.05, 0) is 20.5 Å². The number of rotatable bonds is 4. The van der Waals surface area contributed by atoms with Crippen LogP contribution in [0, 0.1) is 0 Å². The summed E-state index contributed by atoms with van der Waals surface area (Å²) in [5.74, 6) is 1.00. The second-order valence-corrected chi connectivity index (χ2v) is 4.88. The molecule has 5 heteroatoms. The fourth-order valence-electron chi connectivity index (χ4n) is 2.38. The van der Waals surface area contributed by atoms with E-state index >= 15 is 0 Å². The highest BCUT2D eigenvalue weighted by molar-refractivity contribution is 5.37. The molecule has 1 aromatic rings. The Morgan fingerprint density at radius 1 is 1.33 bits per heavy atom. The van der Waals surface area contributed by atoms with Crippen LogP contribution >= 0.6 is 0 Å². The van der Waals surface area contributed by atoms with Crippen LogP contribution in [0.1, 0.15) is 19.0 Å². The van der Waals surface area contributed by atoms with Crippen LogP contribution in [0.2, 0.25) is 0 Å². The quantitative estimate of drug-likeness (QED) is 0.852. The van der Waals surface area contributed by atoms with Gasteiger partial charge in [-0.2, -0.15) is 0 Å². The number of likely N-dealkylation sites (N-methyl/N-ethyl adjacent to an activating group) is 1. The van der Waals surface area contributed by atoms with Crippen molar-refractivity contribution in [3.05, 3.63) is 18.1 Å². The molecule has 1 atom stereocenters. The lowest BCUT2D eigenvalue weighted by Gasteiger charge is -2.39. The third kappa shape index (κ3) is 2.97. The molecule has 0 amide bonds. The van der Waals surface area contributed by atoms with Gasteiger partial charge in [0.15, 0.2) is 0 Å². The minimum Gasteiger partial charge on any atom is -0.352 e. The highest BCUT2D eigenvalue weighted by atomic mass is 15.3. The van der Waals surface area contributed by atoms with Gasteiger partial charge in [0.1, 0.15) is 5.82 Å². The summed E-state index contributed by atoms with van der Waals surface area (Å²) in [6.07, 6.45) is 4.94. The van der Waals surface area contributed by atoms with Crippen LogP contribution in [0.25, 0.3) is 0 Å². The first kappa shape index (κ1) is 13.2.